The quantitative estimate of drug-likeness (QED) is 0.810. The van der Waals surface area contributed by atoms with Crippen molar-refractivity contribution in [3.05, 3.63) is 41.3 Å². The molecule has 0 spiro atoms. The third-order valence-electron chi connectivity index (χ3n) is 5.93. The lowest BCUT2D eigenvalue weighted by molar-refractivity contribution is -0.148. The Morgan fingerprint density at radius 1 is 1.14 bits per heavy atom. The van der Waals surface area contributed by atoms with E-state index in [-0.39, 0.29) is 23.7 Å². The topological polar surface area (TPSA) is 74.8 Å². The van der Waals surface area contributed by atoms with Crippen molar-refractivity contribution in [2.75, 3.05) is 18.0 Å². The molecule has 1 aromatic heterocycles. The number of hydrogen-bond acceptors (Lipinski definition) is 6. The summed E-state index contributed by atoms with van der Waals surface area (Å²) in [6.45, 7) is 3.09. The van der Waals surface area contributed by atoms with Gasteiger partial charge in [-0.15, -0.1) is 5.10 Å². The summed E-state index contributed by atoms with van der Waals surface area (Å²) in [5.41, 5.74) is 0.427. The van der Waals surface area contributed by atoms with E-state index >= 15 is 0 Å². The molecule has 7 nitrogen and oxygen atoms in total. The predicted octanol–water partition coefficient (Wildman–Crippen LogP) is 2.69. The highest BCUT2D eigenvalue weighted by atomic mass is 19.1. The van der Waals surface area contributed by atoms with Crippen molar-refractivity contribution in [2.45, 2.75) is 25.8 Å². The average Bonchev–Trinajstić information content (AvgIpc) is 3.30. The van der Waals surface area contributed by atoms with Gasteiger partial charge in [-0.25, -0.2) is 13.8 Å². The summed E-state index contributed by atoms with van der Waals surface area (Å²) in [6.07, 6.45) is 3.05. The Hall–Kier alpha value is -2.84. The average molecular weight is 387 g/mol. The number of aryl methyl sites for hydroxylation is 1. The van der Waals surface area contributed by atoms with E-state index in [1.165, 1.54) is 17.1 Å². The maximum atomic E-state index is 13.6. The normalized spacial score (nSPS) is 28.5. The van der Waals surface area contributed by atoms with Crippen molar-refractivity contribution in [3.8, 4) is 0 Å². The molecule has 2 bridgehead atoms. The fraction of sp³-hybridized carbons (Fsp3) is 0.474. The van der Waals surface area contributed by atoms with Crippen LogP contribution in [0.3, 0.4) is 0 Å². The van der Waals surface area contributed by atoms with Crippen LogP contribution in [0.4, 0.5) is 14.8 Å². The number of fused-ring (bicyclic) bond motifs is 2. The lowest BCUT2D eigenvalue weighted by Gasteiger charge is -2.52. The van der Waals surface area contributed by atoms with Crippen LogP contribution in [0.5, 0.6) is 0 Å². The molecule has 28 heavy (non-hydrogen) atoms. The molecule has 1 aliphatic carbocycles. The highest BCUT2D eigenvalue weighted by Gasteiger charge is 2.53. The molecule has 0 radical (unpaired) electrons. The largest absolute Gasteiger partial charge is 0.408 e. The Morgan fingerprint density at radius 3 is 2.50 bits per heavy atom. The summed E-state index contributed by atoms with van der Waals surface area (Å²) in [6, 6.07) is 3.39. The Labute approximate surface area is 160 Å². The van der Waals surface area contributed by atoms with Crippen molar-refractivity contribution in [1.82, 2.24) is 15.2 Å². The number of piperidine rings is 2. The summed E-state index contributed by atoms with van der Waals surface area (Å²) in [7, 11) is 0. The van der Waals surface area contributed by atoms with E-state index in [1.54, 1.807) is 13.1 Å². The van der Waals surface area contributed by atoms with E-state index in [0.717, 1.165) is 12.5 Å². The molecule has 1 amide bonds. The molecule has 6 rings (SSSR count). The van der Waals surface area contributed by atoms with Crippen molar-refractivity contribution in [2.24, 2.45) is 22.9 Å². The van der Waals surface area contributed by atoms with Crippen LogP contribution in [0.15, 0.2) is 27.7 Å². The third kappa shape index (κ3) is 2.76. The number of rotatable bonds is 3. The monoisotopic (exact) mass is 387 g/mol. The number of hydrazone groups is 1. The van der Waals surface area contributed by atoms with Crippen LogP contribution in [0.25, 0.3) is 0 Å². The number of nitrogens with zero attached hydrogens (tertiary/aromatic N) is 5. The minimum atomic E-state index is -0.652. The van der Waals surface area contributed by atoms with Crippen LogP contribution in [-0.2, 0) is 4.79 Å². The number of benzene rings is 1. The highest BCUT2D eigenvalue weighted by molar-refractivity contribution is 5.83. The first-order valence-electron chi connectivity index (χ1n) is 9.36. The maximum Gasteiger partial charge on any atom is 0.318 e. The number of aromatic nitrogens is 2. The number of hydrogen-bond donors (Lipinski definition) is 0. The van der Waals surface area contributed by atoms with E-state index in [4.69, 9.17) is 4.42 Å². The van der Waals surface area contributed by atoms with E-state index in [2.05, 4.69) is 15.3 Å². The lowest BCUT2D eigenvalue weighted by Crippen LogP contribution is -2.59. The first-order chi connectivity index (χ1) is 13.5. The Morgan fingerprint density at radius 2 is 1.86 bits per heavy atom. The molecule has 2 aromatic rings. The van der Waals surface area contributed by atoms with Crippen LogP contribution in [0.1, 0.15) is 30.3 Å². The van der Waals surface area contributed by atoms with Gasteiger partial charge in [0.1, 0.15) is 11.6 Å². The van der Waals surface area contributed by atoms with Crippen LogP contribution in [0.2, 0.25) is 0 Å². The van der Waals surface area contributed by atoms with Crippen LogP contribution in [0, 0.1) is 36.3 Å². The summed E-state index contributed by atoms with van der Waals surface area (Å²) in [5, 5.41) is 13.6. The molecule has 0 N–H and O–H groups in total. The van der Waals surface area contributed by atoms with Crippen molar-refractivity contribution in [3.63, 3.8) is 0 Å². The minimum absolute atomic E-state index is 0.0778. The first kappa shape index (κ1) is 17.3. The number of carbonyl (C=O) groups excluding carboxylic acids is 1. The van der Waals surface area contributed by atoms with Gasteiger partial charge in [0.15, 0.2) is 0 Å². The second-order valence-corrected chi connectivity index (χ2v) is 7.73. The van der Waals surface area contributed by atoms with Gasteiger partial charge in [-0.3, -0.25) is 4.79 Å². The molecule has 3 aliphatic heterocycles. The molecule has 1 aromatic carbocycles. The van der Waals surface area contributed by atoms with Crippen molar-refractivity contribution >= 4 is 18.1 Å². The van der Waals surface area contributed by atoms with Gasteiger partial charge in [-0.2, -0.15) is 5.10 Å². The maximum absolute atomic E-state index is 13.6. The number of amides is 1. The molecular weight excluding hydrogens is 368 g/mol. The number of anilines is 1. The molecule has 4 aliphatic rings. The summed E-state index contributed by atoms with van der Waals surface area (Å²) < 4.78 is 32.8. The fourth-order valence-electron chi connectivity index (χ4n) is 4.68. The van der Waals surface area contributed by atoms with Crippen LogP contribution in [-0.4, -0.2) is 40.4 Å². The van der Waals surface area contributed by atoms with E-state index in [0.29, 0.717) is 37.0 Å². The SMILES string of the molecule is Cc1nnc(N2CC3CC(C2)C3C(=O)N2N=CC[C@@H]2c2cc(F)cc(F)c2)o1. The van der Waals surface area contributed by atoms with Gasteiger partial charge in [-0.1, -0.05) is 5.10 Å². The predicted molar refractivity (Wildman–Crippen MR) is 95.4 cm³/mol. The zero-order valence-electron chi connectivity index (χ0n) is 15.3. The molecular formula is C19H19F2N5O2. The molecule has 146 valence electrons. The standard InChI is InChI=1S/C19H19F2N5O2/c1-10-23-24-19(28-10)25-8-12-4-13(9-25)17(12)18(27)26-16(2-3-22-26)11-5-14(20)7-15(21)6-11/h3,5-7,12-13,16-17H,2,4,8-9H2,1H3/t12?,13?,16-,17?/m1/s1. The summed E-state index contributed by atoms with van der Waals surface area (Å²) in [4.78, 5) is 15.2. The minimum Gasteiger partial charge on any atom is -0.408 e. The molecule has 4 heterocycles. The smallest absolute Gasteiger partial charge is 0.318 e. The van der Waals surface area contributed by atoms with Crippen molar-refractivity contribution in [1.29, 1.82) is 0 Å². The van der Waals surface area contributed by atoms with Gasteiger partial charge in [0, 0.05) is 44.6 Å². The molecule has 9 heteroatoms. The molecule has 2 unspecified atom stereocenters. The van der Waals surface area contributed by atoms with E-state index in [9.17, 15) is 13.6 Å². The fourth-order valence-corrected chi connectivity index (χ4v) is 4.68. The molecule has 3 atom stereocenters. The third-order valence-corrected chi connectivity index (χ3v) is 5.93. The van der Waals surface area contributed by atoms with Crippen molar-refractivity contribution < 1.29 is 18.0 Å². The molecule has 3 fully saturated rings. The van der Waals surface area contributed by atoms with Gasteiger partial charge < -0.3 is 9.32 Å². The van der Waals surface area contributed by atoms with E-state index < -0.39 is 17.7 Å². The van der Waals surface area contributed by atoms with Crippen LogP contribution < -0.4 is 4.90 Å². The summed E-state index contributed by atoms with van der Waals surface area (Å²) in [5.74, 6) is -0.653. The Balaban J connectivity index is 1.32. The Bertz CT molecular complexity index is 929. The first-order valence-corrected chi connectivity index (χ1v) is 9.36. The molecule has 2 saturated heterocycles. The second kappa shape index (κ2) is 6.35. The number of carbonyl (C=O) groups is 1. The van der Waals surface area contributed by atoms with Gasteiger partial charge in [0.2, 0.25) is 11.8 Å². The van der Waals surface area contributed by atoms with Gasteiger partial charge in [0.05, 0.1) is 6.04 Å². The zero-order valence-corrected chi connectivity index (χ0v) is 15.3. The zero-order chi connectivity index (χ0) is 19.4. The number of halogens is 2. The van der Waals surface area contributed by atoms with E-state index in [1.807, 2.05) is 4.90 Å². The Kier molecular flexibility index (Phi) is 3.92. The van der Waals surface area contributed by atoms with Gasteiger partial charge in [0.25, 0.3) is 0 Å². The summed E-state index contributed by atoms with van der Waals surface area (Å²) >= 11 is 0. The van der Waals surface area contributed by atoms with Gasteiger partial charge in [-0.05, 0) is 36.0 Å². The molecule has 1 saturated carbocycles. The van der Waals surface area contributed by atoms with Crippen LogP contribution >= 0.6 is 0 Å². The lowest BCUT2D eigenvalue weighted by atomic mass is 9.61. The second-order valence-electron chi connectivity index (χ2n) is 7.73. The van der Waals surface area contributed by atoms with Gasteiger partial charge >= 0.3 is 6.01 Å². The highest BCUT2D eigenvalue weighted by Crippen LogP contribution is 2.48.